The molecule has 8 heteroatoms. The van der Waals surface area contributed by atoms with Gasteiger partial charge in [0.25, 0.3) is 5.91 Å². The Kier molecular flexibility index (Phi) is 5.68. The van der Waals surface area contributed by atoms with E-state index in [2.05, 4.69) is 18.0 Å². The third kappa shape index (κ3) is 4.05. The van der Waals surface area contributed by atoms with Gasteiger partial charge in [-0.3, -0.25) is 14.6 Å². The molecule has 0 spiro atoms. The van der Waals surface area contributed by atoms with Gasteiger partial charge in [0, 0.05) is 42.2 Å². The lowest BCUT2D eigenvalue weighted by molar-refractivity contribution is -0.129. The molecule has 1 aromatic heterocycles. The Balaban J connectivity index is 1.25. The second kappa shape index (κ2) is 9.00. The predicted molar refractivity (Wildman–Crippen MR) is 140 cm³/mol. The minimum absolute atomic E-state index is 0.0923. The van der Waals surface area contributed by atoms with Crippen molar-refractivity contribution in [1.29, 1.82) is 0 Å². The Labute approximate surface area is 208 Å². The highest BCUT2D eigenvalue weighted by Gasteiger charge is 2.41. The molecule has 0 saturated carbocycles. The van der Waals surface area contributed by atoms with Crippen LogP contribution in [0.1, 0.15) is 30.9 Å². The summed E-state index contributed by atoms with van der Waals surface area (Å²) in [6.45, 7) is 3.84. The summed E-state index contributed by atoms with van der Waals surface area (Å²) in [5.74, 6) is 1.57. The van der Waals surface area contributed by atoms with Crippen LogP contribution in [0, 0.1) is 5.92 Å². The topological polar surface area (TPSA) is 81.1 Å². The number of aliphatic imine (C=N–C) groups is 2. The maximum Gasteiger partial charge on any atom is 0.259 e. The third-order valence-electron chi connectivity index (χ3n) is 7.10. The molecule has 0 radical (unpaired) electrons. The van der Waals surface area contributed by atoms with E-state index in [-0.39, 0.29) is 17.6 Å². The minimum Gasteiger partial charge on any atom is -0.361 e. The summed E-state index contributed by atoms with van der Waals surface area (Å²) in [7, 11) is 0. The monoisotopic (exact) mass is 485 g/mol. The molecule has 3 aliphatic rings. The van der Waals surface area contributed by atoms with E-state index in [1.165, 1.54) is 11.8 Å². The smallest absolute Gasteiger partial charge is 0.259 e. The van der Waals surface area contributed by atoms with Crippen LogP contribution in [0.4, 0.5) is 5.69 Å². The van der Waals surface area contributed by atoms with E-state index >= 15 is 0 Å². The number of carbonyl (C=O) groups is 2. The summed E-state index contributed by atoms with van der Waals surface area (Å²) in [5, 5.41) is 1.64. The highest BCUT2D eigenvalue weighted by atomic mass is 32.2. The molecule has 1 fully saturated rings. The first kappa shape index (κ1) is 22.1. The molecule has 6 rings (SSSR count). The summed E-state index contributed by atoms with van der Waals surface area (Å²) >= 11 is 1.33. The standard InChI is InChI=1S/C27H27N5O2S/c1-17-10-12-31(13-11-17)24(33)16-35-27-30-22-9-5-3-7-20(22)25-29-23(26(34)32(25)27)14-18-15-28-21-8-4-2-6-19(18)21/h2-9,15,17,23,28H,10-14,16H2,1H3/t23-/m0/s1. The zero-order valence-electron chi connectivity index (χ0n) is 19.6. The van der Waals surface area contributed by atoms with Crippen LogP contribution in [-0.2, 0) is 16.0 Å². The molecule has 3 aromatic rings. The molecule has 3 aliphatic heterocycles. The summed E-state index contributed by atoms with van der Waals surface area (Å²) in [6, 6.07) is 15.3. The molecule has 1 saturated heterocycles. The largest absolute Gasteiger partial charge is 0.361 e. The predicted octanol–water partition coefficient (Wildman–Crippen LogP) is 4.36. The number of nitrogens with zero attached hydrogens (tertiary/aromatic N) is 4. The molecule has 1 atom stereocenters. The molecule has 7 nitrogen and oxygen atoms in total. The Morgan fingerprint density at radius 3 is 2.74 bits per heavy atom. The van der Waals surface area contributed by atoms with Gasteiger partial charge < -0.3 is 9.88 Å². The number of carbonyl (C=O) groups excluding carboxylic acids is 2. The van der Waals surface area contributed by atoms with Gasteiger partial charge in [-0.1, -0.05) is 49.0 Å². The van der Waals surface area contributed by atoms with E-state index in [0.717, 1.165) is 53.6 Å². The Hall–Kier alpha value is -3.39. The number of hydrogen-bond donors (Lipinski definition) is 1. The second-order valence-corrected chi connectivity index (χ2v) is 10.4. The maximum atomic E-state index is 13.6. The van der Waals surface area contributed by atoms with Crippen molar-refractivity contribution >= 4 is 51.2 Å². The van der Waals surface area contributed by atoms with Gasteiger partial charge >= 0.3 is 0 Å². The van der Waals surface area contributed by atoms with Crippen molar-refractivity contribution in [2.24, 2.45) is 15.9 Å². The number of aromatic amines is 1. The molecule has 178 valence electrons. The van der Waals surface area contributed by atoms with Gasteiger partial charge in [-0.15, -0.1) is 0 Å². The van der Waals surface area contributed by atoms with Crippen LogP contribution >= 0.6 is 11.8 Å². The average Bonchev–Trinajstić information content (AvgIpc) is 3.44. The third-order valence-corrected chi connectivity index (χ3v) is 8.02. The van der Waals surface area contributed by atoms with Crippen LogP contribution in [-0.4, -0.2) is 62.5 Å². The number of benzene rings is 2. The molecule has 2 amide bonds. The Morgan fingerprint density at radius 2 is 1.89 bits per heavy atom. The normalized spacial score (nSPS) is 20.0. The molecular weight excluding hydrogens is 458 g/mol. The van der Waals surface area contributed by atoms with E-state index in [1.54, 1.807) is 4.90 Å². The number of aromatic nitrogens is 1. The van der Waals surface area contributed by atoms with Gasteiger partial charge in [-0.05, 0) is 42.5 Å². The first-order valence-electron chi connectivity index (χ1n) is 12.1. The van der Waals surface area contributed by atoms with E-state index < -0.39 is 6.04 Å². The number of nitrogens with one attached hydrogen (secondary N) is 1. The molecule has 35 heavy (non-hydrogen) atoms. The molecule has 0 bridgehead atoms. The number of para-hydroxylation sites is 2. The number of amides is 2. The summed E-state index contributed by atoms with van der Waals surface area (Å²) in [4.78, 5) is 43.0. The van der Waals surface area contributed by atoms with Crippen molar-refractivity contribution in [3.63, 3.8) is 0 Å². The maximum absolute atomic E-state index is 13.6. The number of rotatable bonds is 4. The van der Waals surface area contributed by atoms with Crippen molar-refractivity contribution in [2.75, 3.05) is 18.8 Å². The number of thioether (sulfide) groups is 1. The molecule has 4 heterocycles. The molecule has 1 N–H and O–H groups in total. The summed E-state index contributed by atoms with van der Waals surface area (Å²) in [5.41, 5.74) is 3.75. The summed E-state index contributed by atoms with van der Waals surface area (Å²) in [6.07, 6.45) is 4.56. The van der Waals surface area contributed by atoms with Crippen molar-refractivity contribution in [3.05, 3.63) is 65.9 Å². The lowest BCUT2D eigenvalue weighted by Gasteiger charge is -2.31. The highest BCUT2D eigenvalue weighted by Crippen LogP contribution is 2.35. The second-order valence-electron chi connectivity index (χ2n) is 9.47. The number of amidine groups is 2. The van der Waals surface area contributed by atoms with Crippen molar-refractivity contribution in [2.45, 2.75) is 32.2 Å². The molecule has 0 unspecified atom stereocenters. The lowest BCUT2D eigenvalue weighted by atomic mass is 9.99. The fraction of sp³-hybridized carbons (Fsp3) is 0.333. The van der Waals surface area contributed by atoms with Gasteiger partial charge in [0.2, 0.25) is 5.91 Å². The van der Waals surface area contributed by atoms with Crippen LogP contribution < -0.4 is 0 Å². The molecular formula is C27H27N5O2S. The van der Waals surface area contributed by atoms with Gasteiger partial charge in [0.15, 0.2) is 5.17 Å². The summed E-state index contributed by atoms with van der Waals surface area (Å²) < 4.78 is 0. The number of likely N-dealkylation sites (tertiary alicyclic amines) is 1. The lowest BCUT2D eigenvalue weighted by Crippen LogP contribution is -2.43. The van der Waals surface area contributed by atoms with Crippen molar-refractivity contribution < 1.29 is 9.59 Å². The minimum atomic E-state index is -0.527. The Bertz CT molecular complexity index is 1370. The average molecular weight is 486 g/mol. The fourth-order valence-electron chi connectivity index (χ4n) is 5.02. The van der Waals surface area contributed by atoms with E-state index in [4.69, 9.17) is 9.98 Å². The Morgan fingerprint density at radius 1 is 1.11 bits per heavy atom. The van der Waals surface area contributed by atoms with Crippen LogP contribution in [0.5, 0.6) is 0 Å². The number of H-pyrrole nitrogens is 1. The van der Waals surface area contributed by atoms with Gasteiger partial charge in [0.1, 0.15) is 11.9 Å². The highest BCUT2D eigenvalue weighted by molar-refractivity contribution is 8.14. The van der Waals surface area contributed by atoms with Crippen LogP contribution in [0.3, 0.4) is 0 Å². The van der Waals surface area contributed by atoms with Crippen molar-refractivity contribution in [3.8, 4) is 0 Å². The quantitative estimate of drug-likeness (QED) is 0.596. The number of hydrogen-bond acceptors (Lipinski definition) is 5. The van der Waals surface area contributed by atoms with E-state index in [0.29, 0.717) is 23.3 Å². The van der Waals surface area contributed by atoms with Gasteiger partial charge in [-0.2, -0.15) is 0 Å². The zero-order chi connectivity index (χ0) is 23.9. The van der Waals surface area contributed by atoms with Crippen LogP contribution in [0.2, 0.25) is 0 Å². The first-order chi connectivity index (χ1) is 17.1. The zero-order valence-corrected chi connectivity index (χ0v) is 20.4. The molecule has 0 aliphatic carbocycles. The first-order valence-corrected chi connectivity index (χ1v) is 13.1. The van der Waals surface area contributed by atoms with Crippen molar-refractivity contribution in [1.82, 2.24) is 14.8 Å². The van der Waals surface area contributed by atoms with Crippen LogP contribution in [0.15, 0.2) is 64.7 Å². The number of piperidine rings is 1. The van der Waals surface area contributed by atoms with Gasteiger partial charge in [-0.25, -0.2) is 9.89 Å². The SMILES string of the molecule is CC1CCN(C(=O)CSC2=Nc3ccccc3C3=N[C@@H](Cc4c[nH]c5ccccc45)C(=O)N23)CC1. The van der Waals surface area contributed by atoms with Gasteiger partial charge in [0.05, 0.1) is 11.4 Å². The van der Waals surface area contributed by atoms with E-state index in [1.807, 2.05) is 53.6 Å². The fourth-order valence-corrected chi connectivity index (χ4v) is 5.92. The van der Waals surface area contributed by atoms with E-state index in [9.17, 15) is 9.59 Å². The number of fused-ring (bicyclic) bond motifs is 4. The molecule has 2 aromatic carbocycles. The van der Waals surface area contributed by atoms with Crippen LogP contribution in [0.25, 0.3) is 10.9 Å².